The molecule has 0 aromatic heterocycles. The molecule has 0 radical (unpaired) electrons. The third kappa shape index (κ3) is 8.18. The number of rotatable bonds is 4. The normalized spacial score (nSPS) is 20.4. The SMILES string of the molecule is CC1CC2CC=CC=C2C1[Si](c1cc(C(C)(C)C)cc(C(C)(C)C)c1)(c1cc(C(C)(C)C)cc(C(C)(C)C)c1)c1cc(C(C)(C)C)cc(C(C)(C)C)c1. The Labute approximate surface area is 328 Å². The van der Waals surface area contributed by atoms with E-state index in [1.54, 1.807) is 21.1 Å². The molecule has 0 amide bonds. The maximum atomic E-state index is 2.71. The molecule has 3 unspecified atom stereocenters. The van der Waals surface area contributed by atoms with Gasteiger partial charge in [-0.2, -0.15) is 0 Å². The van der Waals surface area contributed by atoms with E-state index in [2.05, 4.69) is 204 Å². The maximum absolute atomic E-state index is 2.93. The molecule has 0 N–H and O–H groups in total. The Kier molecular flexibility index (Phi) is 10.6. The fraction of sp³-hybridized carbons (Fsp3) is 0.577. The molecule has 2 aliphatic carbocycles. The van der Waals surface area contributed by atoms with Crippen LogP contribution in [0.5, 0.6) is 0 Å². The van der Waals surface area contributed by atoms with Gasteiger partial charge in [-0.15, -0.1) is 0 Å². The van der Waals surface area contributed by atoms with Crippen LogP contribution in [0.15, 0.2) is 78.4 Å². The van der Waals surface area contributed by atoms with Crippen LogP contribution in [0.1, 0.15) is 178 Å². The van der Waals surface area contributed by atoms with Crippen LogP contribution in [0.25, 0.3) is 0 Å². The van der Waals surface area contributed by atoms with Crippen LogP contribution in [0.3, 0.4) is 0 Å². The van der Waals surface area contributed by atoms with Crippen molar-refractivity contribution >= 4 is 23.6 Å². The van der Waals surface area contributed by atoms with Crippen molar-refractivity contribution in [3.05, 3.63) is 112 Å². The summed E-state index contributed by atoms with van der Waals surface area (Å²) < 4.78 is 0. The lowest BCUT2D eigenvalue weighted by molar-refractivity contribution is 0.536. The molecule has 1 heteroatoms. The fourth-order valence-electron chi connectivity index (χ4n) is 9.08. The lowest BCUT2D eigenvalue weighted by Crippen LogP contribution is -2.71. The molecular formula is C52H76Si. The molecular weight excluding hydrogens is 653 g/mol. The van der Waals surface area contributed by atoms with Gasteiger partial charge in [-0.1, -0.05) is 210 Å². The molecule has 0 saturated heterocycles. The number of hydrogen-bond donors (Lipinski definition) is 0. The van der Waals surface area contributed by atoms with Gasteiger partial charge in [-0.05, 0) is 112 Å². The summed E-state index contributed by atoms with van der Waals surface area (Å²) in [6, 6.07) is 23.9. The first-order valence-electron chi connectivity index (χ1n) is 20.8. The highest BCUT2D eigenvalue weighted by Gasteiger charge is 2.55. The fourth-order valence-corrected chi connectivity index (χ4v) is 15.3. The first kappa shape index (κ1) is 41.5. The minimum Gasteiger partial charge on any atom is -0.0839 e. The van der Waals surface area contributed by atoms with E-state index >= 15 is 0 Å². The summed E-state index contributed by atoms with van der Waals surface area (Å²) in [5.41, 5.74) is 11.0. The van der Waals surface area contributed by atoms with Crippen LogP contribution in [-0.4, -0.2) is 8.07 Å². The average Bonchev–Trinajstić information content (AvgIpc) is 3.34. The zero-order valence-corrected chi connectivity index (χ0v) is 38.6. The van der Waals surface area contributed by atoms with Gasteiger partial charge < -0.3 is 0 Å². The van der Waals surface area contributed by atoms with E-state index in [1.165, 1.54) is 39.8 Å². The summed E-state index contributed by atoms with van der Waals surface area (Å²) >= 11 is 0. The van der Waals surface area contributed by atoms with E-state index < -0.39 is 8.07 Å². The van der Waals surface area contributed by atoms with Gasteiger partial charge >= 0.3 is 0 Å². The summed E-state index contributed by atoms with van der Waals surface area (Å²) in [4.78, 5) is 0. The monoisotopic (exact) mass is 729 g/mol. The van der Waals surface area contributed by atoms with Crippen molar-refractivity contribution in [1.29, 1.82) is 0 Å². The second-order valence-electron chi connectivity index (χ2n) is 23.4. The Hall–Kier alpha value is -2.64. The largest absolute Gasteiger partial charge is 0.155 e. The summed E-state index contributed by atoms with van der Waals surface area (Å²) in [6.07, 6.45) is 9.81. The zero-order valence-electron chi connectivity index (χ0n) is 37.6. The van der Waals surface area contributed by atoms with Crippen LogP contribution in [0.2, 0.25) is 5.54 Å². The van der Waals surface area contributed by atoms with Gasteiger partial charge in [0.1, 0.15) is 0 Å². The first-order chi connectivity index (χ1) is 23.9. The molecule has 2 aliphatic rings. The van der Waals surface area contributed by atoms with Crippen LogP contribution in [0.4, 0.5) is 0 Å². The Morgan fingerprint density at radius 1 is 0.434 bits per heavy atom. The van der Waals surface area contributed by atoms with Crippen LogP contribution >= 0.6 is 0 Å². The summed E-state index contributed by atoms with van der Waals surface area (Å²) in [5.74, 6) is 1.17. The van der Waals surface area contributed by atoms with Crippen molar-refractivity contribution in [2.45, 2.75) is 182 Å². The van der Waals surface area contributed by atoms with E-state index in [-0.39, 0.29) is 32.5 Å². The average molecular weight is 729 g/mol. The minimum atomic E-state index is -2.93. The van der Waals surface area contributed by atoms with Crippen molar-refractivity contribution in [2.75, 3.05) is 0 Å². The molecule has 0 nitrogen and oxygen atoms in total. The van der Waals surface area contributed by atoms with Crippen molar-refractivity contribution < 1.29 is 0 Å². The van der Waals surface area contributed by atoms with Crippen molar-refractivity contribution in [3.63, 3.8) is 0 Å². The van der Waals surface area contributed by atoms with Crippen molar-refractivity contribution in [1.82, 2.24) is 0 Å². The zero-order chi connectivity index (χ0) is 39.9. The van der Waals surface area contributed by atoms with Gasteiger partial charge in [0.2, 0.25) is 0 Å². The van der Waals surface area contributed by atoms with Crippen LogP contribution < -0.4 is 15.6 Å². The summed E-state index contributed by atoms with van der Waals surface area (Å²) in [7, 11) is -2.93. The third-order valence-corrected chi connectivity index (χ3v) is 18.2. The van der Waals surface area contributed by atoms with Crippen molar-refractivity contribution in [3.8, 4) is 0 Å². The lowest BCUT2D eigenvalue weighted by atomic mass is 9.80. The molecule has 1 fully saturated rings. The van der Waals surface area contributed by atoms with E-state index in [0.717, 1.165) is 6.42 Å². The van der Waals surface area contributed by atoms with Gasteiger partial charge in [-0.3, -0.25) is 0 Å². The van der Waals surface area contributed by atoms with E-state index in [0.29, 0.717) is 17.4 Å². The second kappa shape index (κ2) is 13.5. The van der Waals surface area contributed by atoms with Gasteiger partial charge in [0.25, 0.3) is 0 Å². The maximum Gasteiger partial charge on any atom is 0.155 e. The Balaban J connectivity index is 2.17. The Morgan fingerprint density at radius 3 is 0.981 bits per heavy atom. The van der Waals surface area contributed by atoms with Gasteiger partial charge in [0, 0.05) is 0 Å². The number of fused-ring (bicyclic) bond motifs is 1. The molecule has 0 bridgehead atoms. The lowest BCUT2D eigenvalue weighted by Gasteiger charge is -2.45. The van der Waals surface area contributed by atoms with E-state index in [9.17, 15) is 0 Å². The third-order valence-electron chi connectivity index (χ3n) is 12.7. The summed E-state index contributed by atoms with van der Waals surface area (Å²) in [6.45, 7) is 46.1. The van der Waals surface area contributed by atoms with Gasteiger partial charge in [0.05, 0.1) is 0 Å². The number of hydrogen-bond acceptors (Lipinski definition) is 0. The predicted octanol–water partition coefficient (Wildman–Crippen LogP) is 12.9. The molecule has 0 aliphatic heterocycles. The quantitative estimate of drug-likeness (QED) is 0.185. The van der Waals surface area contributed by atoms with Gasteiger partial charge in [-0.25, -0.2) is 0 Å². The Morgan fingerprint density at radius 2 is 0.717 bits per heavy atom. The Bertz CT molecular complexity index is 1610. The predicted molar refractivity (Wildman–Crippen MR) is 239 cm³/mol. The van der Waals surface area contributed by atoms with E-state index in [1.807, 2.05) is 0 Å². The highest BCUT2D eigenvalue weighted by Crippen LogP contribution is 2.53. The molecule has 3 aromatic rings. The molecule has 0 heterocycles. The highest BCUT2D eigenvalue weighted by atomic mass is 28.3. The molecule has 0 spiro atoms. The highest BCUT2D eigenvalue weighted by molar-refractivity contribution is 7.13. The number of benzene rings is 3. The topological polar surface area (TPSA) is 0 Å². The molecule has 3 aromatic carbocycles. The van der Waals surface area contributed by atoms with Gasteiger partial charge in [0.15, 0.2) is 8.07 Å². The van der Waals surface area contributed by atoms with E-state index in [4.69, 9.17) is 0 Å². The smallest absolute Gasteiger partial charge is 0.0839 e. The standard InChI is InChI=1S/C52H76Si/c1-34-24-35-22-20-21-23-45(35)46(34)53(42-28-36(47(2,3)4)25-37(29-42)48(5,6)7,43-30-38(49(8,9)10)26-39(31-43)50(11,12)13)44-32-40(51(14,15)16)27-41(33-44)52(17,18)19/h20-21,23,25-35,46H,22,24H2,1-19H3. The minimum absolute atomic E-state index is 0.0144. The molecule has 3 atom stereocenters. The molecule has 1 saturated carbocycles. The first-order valence-corrected chi connectivity index (χ1v) is 22.9. The van der Waals surface area contributed by atoms with Crippen LogP contribution in [0, 0.1) is 11.8 Å². The van der Waals surface area contributed by atoms with Crippen molar-refractivity contribution in [2.24, 2.45) is 11.8 Å². The second-order valence-corrected chi connectivity index (χ2v) is 27.4. The molecule has 288 valence electrons. The van der Waals surface area contributed by atoms with Crippen LogP contribution in [-0.2, 0) is 32.5 Å². The number of allylic oxidation sites excluding steroid dienone is 4. The summed E-state index contributed by atoms with van der Waals surface area (Å²) in [5, 5.41) is 4.79. The molecule has 5 rings (SSSR count). The molecule has 53 heavy (non-hydrogen) atoms.